The maximum atomic E-state index is 10.2. The molecule has 0 radical (unpaired) electrons. The van der Waals surface area contributed by atoms with Crippen LogP contribution >= 0.6 is 0 Å². The Bertz CT molecular complexity index is 431. The average Bonchev–Trinajstić information content (AvgIpc) is 2.92. The van der Waals surface area contributed by atoms with Gasteiger partial charge in [0.15, 0.2) is 11.5 Å². The largest absolute Gasteiger partial charge is 0.493 e. The fourth-order valence-electron chi connectivity index (χ4n) is 2.65. The Hall–Kier alpha value is -1.22. The second-order valence-electron chi connectivity index (χ2n) is 5.42. The SMILES string of the molecule is COc1ccc(C2(O)CC2)cc1OC1CCCC1. The Morgan fingerprint density at radius 2 is 1.89 bits per heavy atom. The number of benzene rings is 1. The fourth-order valence-corrected chi connectivity index (χ4v) is 2.65. The first-order valence-electron chi connectivity index (χ1n) is 6.79. The summed E-state index contributed by atoms with van der Waals surface area (Å²) in [5.74, 6) is 1.54. The first kappa shape index (κ1) is 11.8. The second kappa shape index (κ2) is 4.47. The lowest BCUT2D eigenvalue weighted by atomic mass is 10.1. The Balaban J connectivity index is 1.84. The summed E-state index contributed by atoms with van der Waals surface area (Å²) in [6.07, 6.45) is 6.75. The number of aliphatic hydroxyl groups is 1. The Morgan fingerprint density at radius 3 is 2.50 bits per heavy atom. The van der Waals surface area contributed by atoms with E-state index in [-0.39, 0.29) is 0 Å². The van der Waals surface area contributed by atoms with E-state index in [1.165, 1.54) is 12.8 Å². The summed E-state index contributed by atoms with van der Waals surface area (Å²) in [7, 11) is 1.66. The van der Waals surface area contributed by atoms with Crippen molar-refractivity contribution in [3.8, 4) is 11.5 Å². The molecule has 18 heavy (non-hydrogen) atoms. The van der Waals surface area contributed by atoms with Crippen molar-refractivity contribution in [3.05, 3.63) is 23.8 Å². The quantitative estimate of drug-likeness (QED) is 0.890. The lowest BCUT2D eigenvalue weighted by molar-refractivity contribution is 0.149. The van der Waals surface area contributed by atoms with Crippen LogP contribution in [0, 0.1) is 0 Å². The van der Waals surface area contributed by atoms with Gasteiger partial charge in [-0.3, -0.25) is 0 Å². The lowest BCUT2D eigenvalue weighted by Crippen LogP contribution is -2.13. The third kappa shape index (κ3) is 2.19. The van der Waals surface area contributed by atoms with Crippen LogP contribution in [-0.4, -0.2) is 18.3 Å². The van der Waals surface area contributed by atoms with E-state index in [1.807, 2.05) is 18.2 Å². The minimum absolute atomic E-state index is 0.308. The van der Waals surface area contributed by atoms with Crippen molar-refractivity contribution >= 4 is 0 Å². The van der Waals surface area contributed by atoms with Gasteiger partial charge in [0.05, 0.1) is 18.8 Å². The van der Waals surface area contributed by atoms with Gasteiger partial charge in [-0.05, 0) is 56.2 Å². The molecule has 0 atom stereocenters. The van der Waals surface area contributed by atoms with E-state index in [1.54, 1.807) is 7.11 Å². The second-order valence-corrected chi connectivity index (χ2v) is 5.42. The van der Waals surface area contributed by atoms with Crippen LogP contribution in [0.1, 0.15) is 44.1 Å². The van der Waals surface area contributed by atoms with Crippen LogP contribution in [0.4, 0.5) is 0 Å². The summed E-state index contributed by atoms with van der Waals surface area (Å²) in [5.41, 5.74) is 0.344. The molecule has 1 aromatic rings. The maximum absolute atomic E-state index is 10.2. The van der Waals surface area contributed by atoms with Crippen molar-refractivity contribution in [2.75, 3.05) is 7.11 Å². The topological polar surface area (TPSA) is 38.7 Å². The van der Waals surface area contributed by atoms with Gasteiger partial charge in [-0.1, -0.05) is 6.07 Å². The van der Waals surface area contributed by atoms with Crippen LogP contribution in [0.2, 0.25) is 0 Å². The molecule has 0 saturated heterocycles. The monoisotopic (exact) mass is 248 g/mol. The van der Waals surface area contributed by atoms with Gasteiger partial charge in [0.1, 0.15) is 0 Å². The zero-order chi connectivity index (χ0) is 12.6. The predicted molar refractivity (Wildman–Crippen MR) is 69.0 cm³/mol. The summed E-state index contributed by atoms with van der Waals surface area (Å²) < 4.78 is 11.4. The average molecular weight is 248 g/mol. The zero-order valence-electron chi connectivity index (χ0n) is 10.8. The molecule has 3 rings (SSSR count). The molecule has 3 nitrogen and oxygen atoms in total. The first-order chi connectivity index (χ1) is 8.71. The minimum Gasteiger partial charge on any atom is -0.493 e. The van der Waals surface area contributed by atoms with Gasteiger partial charge in [-0.25, -0.2) is 0 Å². The van der Waals surface area contributed by atoms with E-state index in [2.05, 4.69) is 0 Å². The van der Waals surface area contributed by atoms with E-state index in [0.29, 0.717) is 6.10 Å². The third-order valence-electron chi connectivity index (χ3n) is 4.02. The van der Waals surface area contributed by atoms with Crippen LogP contribution in [0.3, 0.4) is 0 Å². The predicted octanol–water partition coefficient (Wildman–Crippen LogP) is 3.00. The molecule has 1 N–H and O–H groups in total. The Kier molecular flexibility index (Phi) is 2.94. The molecule has 3 heteroatoms. The smallest absolute Gasteiger partial charge is 0.161 e. The lowest BCUT2D eigenvalue weighted by Gasteiger charge is -2.18. The molecular weight excluding hydrogens is 228 g/mol. The van der Waals surface area contributed by atoms with Crippen molar-refractivity contribution in [2.45, 2.75) is 50.2 Å². The standard InChI is InChI=1S/C15H20O3/c1-17-13-7-6-11(15(16)8-9-15)10-14(13)18-12-4-2-3-5-12/h6-7,10,12,16H,2-5,8-9H2,1H3. The van der Waals surface area contributed by atoms with Gasteiger partial charge in [-0.2, -0.15) is 0 Å². The Morgan fingerprint density at radius 1 is 1.17 bits per heavy atom. The highest BCUT2D eigenvalue weighted by atomic mass is 16.5. The van der Waals surface area contributed by atoms with Crippen LogP contribution in [0.25, 0.3) is 0 Å². The van der Waals surface area contributed by atoms with Crippen molar-refractivity contribution in [3.63, 3.8) is 0 Å². The number of hydrogen-bond acceptors (Lipinski definition) is 3. The number of ether oxygens (including phenoxy) is 2. The fraction of sp³-hybridized carbons (Fsp3) is 0.600. The molecule has 2 fully saturated rings. The van der Waals surface area contributed by atoms with Crippen LogP contribution in [0.5, 0.6) is 11.5 Å². The van der Waals surface area contributed by atoms with Crippen LogP contribution in [0.15, 0.2) is 18.2 Å². The molecule has 2 saturated carbocycles. The molecule has 0 heterocycles. The molecule has 0 aliphatic heterocycles. The number of methoxy groups -OCH3 is 1. The van der Waals surface area contributed by atoms with E-state index < -0.39 is 5.60 Å². The first-order valence-corrected chi connectivity index (χ1v) is 6.79. The molecule has 1 aromatic carbocycles. The summed E-state index contributed by atoms with van der Waals surface area (Å²) in [6.45, 7) is 0. The van der Waals surface area contributed by atoms with E-state index in [9.17, 15) is 5.11 Å². The van der Waals surface area contributed by atoms with E-state index >= 15 is 0 Å². The highest BCUT2D eigenvalue weighted by Crippen LogP contribution is 2.47. The summed E-state index contributed by atoms with van der Waals surface area (Å²) >= 11 is 0. The van der Waals surface area contributed by atoms with E-state index in [0.717, 1.165) is 42.7 Å². The molecule has 0 bridgehead atoms. The van der Waals surface area contributed by atoms with Crippen molar-refractivity contribution < 1.29 is 14.6 Å². The van der Waals surface area contributed by atoms with Crippen molar-refractivity contribution in [1.29, 1.82) is 0 Å². The highest BCUT2D eigenvalue weighted by molar-refractivity contribution is 5.46. The van der Waals surface area contributed by atoms with Gasteiger partial charge in [0, 0.05) is 0 Å². The summed E-state index contributed by atoms with van der Waals surface area (Å²) in [5, 5.41) is 10.2. The highest BCUT2D eigenvalue weighted by Gasteiger charge is 2.42. The van der Waals surface area contributed by atoms with Gasteiger partial charge in [0.25, 0.3) is 0 Å². The third-order valence-corrected chi connectivity index (χ3v) is 4.02. The normalized spacial score (nSPS) is 21.9. The van der Waals surface area contributed by atoms with Gasteiger partial charge >= 0.3 is 0 Å². The Labute approximate surface area is 108 Å². The summed E-state index contributed by atoms with van der Waals surface area (Å²) in [6, 6.07) is 5.79. The molecule has 0 unspecified atom stereocenters. The molecule has 98 valence electrons. The van der Waals surface area contributed by atoms with E-state index in [4.69, 9.17) is 9.47 Å². The van der Waals surface area contributed by atoms with Crippen LogP contribution < -0.4 is 9.47 Å². The van der Waals surface area contributed by atoms with Gasteiger partial charge < -0.3 is 14.6 Å². The molecule has 0 aromatic heterocycles. The number of hydrogen-bond donors (Lipinski definition) is 1. The molecule has 0 spiro atoms. The minimum atomic E-state index is -0.611. The molecule has 0 amide bonds. The number of rotatable bonds is 4. The molecule has 2 aliphatic carbocycles. The van der Waals surface area contributed by atoms with Gasteiger partial charge in [-0.15, -0.1) is 0 Å². The molecule has 2 aliphatic rings. The van der Waals surface area contributed by atoms with Crippen LogP contribution in [-0.2, 0) is 5.60 Å². The van der Waals surface area contributed by atoms with Gasteiger partial charge in [0.2, 0.25) is 0 Å². The van der Waals surface area contributed by atoms with Crippen molar-refractivity contribution in [2.24, 2.45) is 0 Å². The van der Waals surface area contributed by atoms with Crippen molar-refractivity contribution in [1.82, 2.24) is 0 Å². The zero-order valence-corrected chi connectivity index (χ0v) is 10.8. The molecular formula is C15H20O3. The summed E-state index contributed by atoms with van der Waals surface area (Å²) in [4.78, 5) is 0. The maximum Gasteiger partial charge on any atom is 0.161 e.